The number of rotatable bonds is 6. The molecule has 1 aliphatic heterocycles. The van der Waals surface area contributed by atoms with Gasteiger partial charge in [-0.05, 0) is 71.4 Å². The van der Waals surface area contributed by atoms with Crippen molar-refractivity contribution in [3.05, 3.63) is 86.7 Å². The number of nitrogens with zero attached hydrogens (tertiary/aromatic N) is 2. The number of aromatic hydroxyl groups is 1. The second-order valence-electron chi connectivity index (χ2n) is 8.75. The molecule has 1 aliphatic rings. The lowest BCUT2D eigenvalue weighted by atomic mass is 10.1. The number of para-hydroxylation sites is 1. The van der Waals surface area contributed by atoms with Crippen LogP contribution in [0, 0.1) is 6.92 Å². The van der Waals surface area contributed by atoms with Gasteiger partial charge in [-0.2, -0.15) is 0 Å². The molecule has 0 radical (unpaired) electrons. The second-order valence-corrected chi connectivity index (χ2v) is 9.60. The van der Waals surface area contributed by atoms with Crippen LogP contribution in [0.15, 0.2) is 74.3 Å². The van der Waals surface area contributed by atoms with Crippen LogP contribution in [0.5, 0.6) is 23.0 Å². The Bertz CT molecular complexity index is 1440. The maximum absolute atomic E-state index is 13.4. The zero-order chi connectivity index (χ0) is 25.2. The van der Waals surface area contributed by atoms with Gasteiger partial charge in [-0.15, -0.1) is 0 Å². The Kier molecular flexibility index (Phi) is 6.89. The molecule has 3 aromatic carbocycles. The van der Waals surface area contributed by atoms with E-state index in [2.05, 4.69) is 37.9 Å². The van der Waals surface area contributed by atoms with Gasteiger partial charge < -0.3 is 23.9 Å². The quantitative estimate of drug-likeness (QED) is 0.330. The number of aryl methyl sites for hydroxylation is 1. The maximum Gasteiger partial charge on any atom is 0.235 e. The lowest BCUT2D eigenvalue weighted by molar-refractivity contribution is 0.246. The Labute approximate surface area is 217 Å². The summed E-state index contributed by atoms with van der Waals surface area (Å²) in [5.41, 5.74) is 1.89. The average molecular weight is 551 g/mol. The monoisotopic (exact) mass is 550 g/mol. The second kappa shape index (κ2) is 10.2. The van der Waals surface area contributed by atoms with Gasteiger partial charge in [-0.3, -0.25) is 9.69 Å². The van der Waals surface area contributed by atoms with Gasteiger partial charge in [0.15, 0.2) is 0 Å². The van der Waals surface area contributed by atoms with Crippen LogP contribution in [0.4, 0.5) is 5.69 Å². The normalized spacial score (nSPS) is 14.2. The molecule has 2 heterocycles. The van der Waals surface area contributed by atoms with Crippen LogP contribution >= 0.6 is 15.9 Å². The van der Waals surface area contributed by atoms with Crippen molar-refractivity contribution in [3.63, 3.8) is 0 Å². The van der Waals surface area contributed by atoms with E-state index in [-0.39, 0.29) is 16.9 Å². The molecule has 1 fully saturated rings. The first-order chi connectivity index (χ1) is 17.4. The van der Waals surface area contributed by atoms with Crippen molar-refractivity contribution >= 4 is 32.6 Å². The molecule has 1 saturated heterocycles. The SMILES string of the molecule is COc1ccc(N2CCN(Cc3c(O)ccc4c(=O)c(Oc5ccccc5Br)c(C)oc34)CC2)cc1. The van der Waals surface area contributed by atoms with Crippen molar-refractivity contribution in [1.82, 2.24) is 4.90 Å². The lowest BCUT2D eigenvalue weighted by Crippen LogP contribution is -2.46. The first kappa shape index (κ1) is 24.2. The van der Waals surface area contributed by atoms with Crippen molar-refractivity contribution in [2.24, 2.45) is 0 Å². The van der Waals surface area contributed by atoms with Gasteiger partial charge in [0.2, 0.25) is 11.2 Å². The Balaban J connectivity index is 1.37. The van der Waals surface area contributed by atoms with Crippen LogP contribution in [0.1, 0.15) is 11.3 Å². The van der Waals surface area contributed by atoms with Gasteiger partial charge >= 0.3 is 0 Å². The molecular weight excluding hydrogens is 524 g/mol. The molecule has 1 aromatic heterocycles. The van der Waals surface area contributed by atoms with Crippen molar-refractivity contribution in [3.8, 4) is 23.0 Å². The number of ether oxygens (including phenoxy) is 2. The molecule has 1 N–H and O–H groups in total. The van der Waals surface area contributed by atoms with Gasteiger partial charge in [0.1, 0.15) is 28.6 Å². The zero-order valence-corrected chi connectivity index (χ0v) is 21.7. The number of hydrogen-bond acceptors (Lipinski definition) is 7. The van der Waals surface area contributed by atoms with Gasteiger partial charge in [0, 0.05) is 38.4 Å². The van der Waals surface area contributed by atoms with E-state index >= 15 is 0 Å². The van der Waals surface area contributed by atoms with E-state index < -0.39 is 0 Å². The number of halogens is 1. The molecule has 0 bridgehead atoms. The minimum atomic E-state index is -0.268. The van der Waals surface area contributed by atoms with E-state index in [9.17, 15) is 9.90 Å². The summed E-state index contributed by atoms with van der Waals surface area (Å²) in [6.45, 7) is 5.51. The first-order valence-corrected chi connectivity index (χ1v) is 12.6. The van der Waals surface area contributed by atoms with E-state index in [4.69, 9.17) is 13.9 Å². The molecular formula is C28H27BrN2O5. The Morgan fingerprint density at radius 3 is 2.42 bits per heavy atom. The number of benzene rings is 3. The fourth-order valence-corrected chi connectivity index (χ4v) is 4.85. The Morgan fingerprint density at radius 1 is 1.00 bits per heavy atom. The number of hydrogen-bond donors (Lipinski definition) is 1. The zero-order valence-electron chi connectivity index (χ0n) is 20.2. The van der Waals surface area contributed by atoms with Crippen LogP contribution in [0.25, 0.3) is 11.0 Å². The summed E-state index contributed by atoms with van der Waals surface area (Å²) in [6.07, 6.45) is 0. The van der Waals surface area contributed by atoms with Gasteiger partial charge in [0.25, 0.3) is 0 Å². The predicted octanol–water partition coefficient (Wildman–Crippen LogP) is 5.69. The highest BCUT2D eigenvalue weighted by atomic mass is 79.9. The third-order valence-corrected chi connectivity index (χ3v) is 7.16. The number of piperazine rings is 1. The van der Waals surface area contributed by atoms with E-state index in [1.165, 1.54) is 0 Å². The van der Waals surface area contributed by atoms with Crippen molar-refractivity contribution in [2.45, 2.75) is 13.5 Å². The van der Waals surface area contributed by atoms with Crippen molar-refractivity contribution < 1.29 is 19.0 Å². The van der Waals surface area contributed by atoms with Crippen LogP contribution < -0.4 is 19.8 Å². The van der Waals surface area contributed by atoms with Crippen LogP contribution in [-0.2, 0) is 6.54 Å². The maximum atomic E-state index is 13.4. The molecule has 186 valence electrons. The number of phenols is 1. The molecule has 7 nitrogen and oxygen atoms in total. The molecule has 0 saturated carbocycles. The largest absolute Gasteiger partial charge is 0.507 e. The number of anilines is 1. The smallest absolute Gasteiger partial charge is 0.235 e. The summed E-state index contributed by atoms with van der Waals surface area (Å²) in [5, 5.41) is 11.1. The predicted molar refractivity (Wildman–Crippen MR) is 144 cm³/mol. The molecule has 36 heavy (non-hydrogen) atoms. The van der Waals surface area contributed by atoms with Gasteiger partial charge in [-0.1, -0.05) is 12.1 Å². The highest BCUT2D eigenvalue weighted by Crippen LogP contribution is 2.34. The highest BCUT2D eigenvalue weighted by molar-refractivity contribution is 9.10. The summed E-state index contributed by atoms with van der Waals surface area (Å²) in [5.74, 6) is 1.98. The molecule has 8 heteroatoms. The summed E-state index contributed by atoms with van der Waals surface area (Å²) in [6, 6.07) is 18.5. The minimum Gasteiger partial charge on any atom is -0.507 e. The summed E-state index contributed by atoms with van der Waals surface area (Å²) in [7, 11) is 1.66. The van der Waals surface area contributed by atoms with Crippen LogP contribution in [0.2, 0.25) is 0 Å². The molecule has 0 unspecified atom stereocenters. The number of fused-ring (bicyclic) bond motifs is 1. The summed E-state index contributed by atoms with van der Waals surface area (Å²) < 4.78 is 18.0. The van der Waals surface area contributed by atoms with Crippen molar-refractivity contribution in [2.75, 3.05) is 38.2 Å². The van der Waals surface area contributed by atoms with E-state index in [0.717, 1.165) is 42.1 Å². The summed E-state index contributed by atoms with van der Waals surface area (Å²) in [4.78, 5) is 17.9. The van der Waals surface area contributed by atoms with E-state index in [1.54, 1.807) is 32.2 Å². The first-order valence-electron chi connectivity index (χ1n) is 11.8. The Hall–Kier alpha value is -3.49. The topological polar surface area (TPSA) is 75.4 Å². The number of methoxy groups -OCH3 is 1. The molecule has 0 aliphatic carbocycles. The lowest BCUT2D eigenvalue weighted by Gasteiger charge is -2.36. The fourth-order valence-electron chi connectivity index (χ4n) is 4.48. The molecule has 4 aromatic rings. The van der Waals surface area contributed by atoms with Crippen molar-refractivity contribution in [1.29, 1.82) is 0 Å². The average Bonchev–Trinajstić information content (AvgIpc) is 2.90. The van der Waals surface area contributed by atoms with E-state index in [1.807, 2.05) is 30.3 Å². The van der Waals surface area contributed by atoms with Crippen LogP contribution in [-0.4, -0.2) is 43.3 Å². The van der Waals surface area contributed by atoms with Crippen LogP contribution in [0.3, 0.4) is 0 Å². The van der Waals surface area contributed by atoms with Gasteiger partial charge in [0.05, 0.1) is 22.5 Å². The molecule has 0 atom stereocenters. The third-order valence-electron chi connectivity index (χ3n) is 6.50. The standard InChI is InChI=1S/C28H27BrN2O5/c1-18-27(36-25-6-4-3-5-23(25)29)26(33)21-11-12-24(32)22(28(21)35-18)17-30-13-15-31(16-14-30)19-7-9-20(34-2)10-8-19/h3-12,32H,13-17H2,1-2H3. The Morgan fingerprint density at radius 2 is 1.72 bits per heavy atom. The fraction of sp³-hybridized carbons (Fsp3) is 0.250. The minimum absolute atomic E-state index is 0.113. The highest BCUT2D eigenvalue weighted by Gasteiger charge is 2.23. The molecule has 5 rings (SSSR count). The third kappa shape index (κ3) is 4.79. The molecule has 0 spiro atoms. The van der Waals surface area contributed by atoms with Gasteiger partial charge in [-0.25, -0.2) is 0 Å². The molecule has 0 amide bonds. The van der Waals surface area contributed by atoms with E-state index in [0.29, 0.717) is 34.6 Å². The summed E-state index contributed by atoms with van der Waals surface area (Å²) >= 11 is 3.45. The number of phenolic OH excluding ortho intramolecular Hbond substituents is 1.